The Morgan fingerprint density at radius 1 is 1.35 bits per heavy atom. The first-order chi connectivity index (χ1) is 8.04. The van der Waals surface area contributed by atoms with Crippen molar-refractivity contribution in [2.45, 2.75) is 19.8 Å². The average molecular weight is 273 g/mol. The van der Waals surface area contributed by atoms with Crippen LogP contribution in [0.15, 0.2) is 12.1 Å². The molecule has 0 bridgehead atoms. The number of aromatic nitrogens is 1. The number of anilines is 1. The van der Waals surface area contributed by atoms with Crippen LogP contribution in [0.4, 0.5) is 10.1 Å². The summed E-state index contributed by atoms with van der Waals surface area (Å²) in [6.45, 7) is 2.05. The summed E-state index contributed by atoms with van der Waals surface area (Å²) in [6.07, 6.45) is 1.77. The van der Waals surface area contributed by atoms with Crippen LogP contribution in [0.1, 0.15) is 19.0 Å². The number of aryl methyl sites for hydroxylation is 1. The minimum absolute atomic E-state index is 0.0388. The lowest BCUT2D eigenvalue weighted by molar-refractivity contribution is 0.630. The molecule has 0 radical (unpaired) electrons. The summed E-state index contributed by atoms with van der Waals surface area (Å²) < 4.78 is 13.5. The molecular weight excluding hydrogens is 262 g/mol. The van der Waals surface area contributed by atoms with E-state index in [2.05, 4.69) is 4.98 Å². The Kier molecular flexibility index (Phi) is 3.40. The summed E-state index contributed by atoms with van der Waals surface area (Å²) in [5.74, 6) is -0.655. The number of fused-ring (bicyclic) bond motifs is 1. The topological polar surface area (TPSA) is 38.9 Å². The first-order valence-corrected chi connectivity index (χ1v) is 6.02. The Labute approximate surface area is 109 Å². The van der Waals surface area contributed by atoms with Crippen molar-refractivity contribution in [3.63, 3.8) is 0 Å². The van der Waals surface area contributed by atoms with Gasteiger partial charge in [-0.15, -0.1) is 0 Å². The Morgan fingerprint density at radius 2 is 2.06 bits per heavy atom. The molecule has 2 rings (SSSR count). The third-order valence-corrected chi connectivity index (χ3v) is 3.15. The number of nitrogens with two attached hydrogens (primary N) is 1. The quantitative estimate of drug-likeness (QED) is 0.832. The maximum absolute atomic E-state index is 13.5. The molecule has 90 valence electrons. The molecule has 0 aliphatic rings. The zero-order valence-corrected chi connectivity index (χ0v) is 10.7. The fraction of sp³-hybridized carbons (Fsp3) is 0.250. The zero-order chi connectivity index (χ0) is 12.6. The molecule has 0 amide bonds. The second-order valence-electron chi connectivity index (χ2n) is 3.83. The van der Waals surface area contributed by atoms with Crippen molar-refractivity contribution < 1.29 is 4.39 Å². The SMILES string of the molecule is CCCc1cc(N)c2c(Cl)c(F)c(Cl)cc2n1. The molecule has 1 heterocycles. The lowest BCUT2D eigenvalue weighted by atomic mass is 10.1. The Bertz CT molecular complexity index is 584. The first kappa shape index (κ1) is 12.4. The smallest absolute Gasteiger partial charge is 0.161 e. The average Bonchev–Trinajstić information content (AvgIpc) is 2.25. The molecule has 0 saturated carbocycles. The van der Waals surface area contributed by atoms with E-state index >= 15 is 0 Å². The second-order valence-corrected chi connectivity index (χ2v) is 4.62. The summed E-state index contributed by atoms with van der Waals surface area (Å²) >= 11 is 11.6. The molecule has 0 fully saturated rings. The van der Waals surface area contributed by atoms with Crippen LogP contribution < -0.4 is 5.73 Å². The van der Waals surface area contributed by atoms with Gasteiger partial charge >= 0.3 is 0 Å². The third kappa shape index (κ3) is 2.17. The van der Waals surface area contributed by atoms with E-state index in [4.69, 9.17) is 28.9 Å². The summed E-state index contributed by atoms with van der Waals surface area (Å²) in [5.41, 5.74) is 7.69. The molecule has 2 nitrogen and oxygen atoms in total. The van der Waals surface area contributed by atoms with Gasteiger partial charge in [0.05, 0.1) is 15.6 Å². The van der Waals surface area contributed by atoms with E-state index in [9.17, 15) is 4.39 Å². The van der Waals surface area contributed by atoms with E-state index in [1.54, 1.807) is 6.07 Å². The monoisotopic (exact) mass is 272 g/mol. The number of halogens is 3. The van der Waals surface area contributed by atoms with Crippen LogP contribution in [-0.2, 0) is 6.42 Å². The van der Waals surface area contributed by atoms with E-state index in [-0.39, 0.29) is 10.0 Å². The van der Waals surface area contributed by atoms with Gasteiger partial charge in [-0.25, -0.2) is 4.39 Å². The largest absolute Gasteiger partial charge is 0.398 e. The van der Waals surface area contributed by atoms with Crippen LogP contribution in [0.25, 0.3) is 10.9 Å². The van der Waals surface area contributed by atoms with Crippen LogP contribution >= 0.6 is 23.2 Å². The molecule has 1 aromatic heterocycles. The van der Waals surface area contributed by atoms with E-state index in [0.29, 0.717) is 16.6 Å². The van der Waals surface area contributed by atoms with Gasteiger partial charge < -0.3 is 5.73 Å². The molecule has 17 heavy (non-hydrogen) atoms. The lowest BCUT2D eigenvalue weighted by Crippen LogP contribution is -1.97. The normalized spacial score (nSPS) is 11.1. The molecule has 2 aromatic rings. The minimum atomic E-state index is -0.655. The van der Waals surface area contributed by atoms with Crippen molar-refractivity contribution >= 4 is 39.8 Å². The minimum Gasteiger partial charge on any atom is -0.398 e. The summed E-state index contributed by atoms with van der Waals surface area (Å²) in [7, 11) is 0. The summed E-state index contributed by atoms with van der Waals surface area (Å²) in [6, 6.07) is 3.18. The molecular formula is C12H11Cl2FN2. The summed E-state index contributed by atoms with van der Waals surface area (Å²) in [5, 5.41) is 0.317. The number of hydrogen-bond acceptors (Lipinski definition) is 2. The van der Waals surface area contributed by atoms with Crippen molar-refractivity contribution in [3.8, 4) is 0 Å². The molecule has 0 saturated heterocycles. The number of benzene rings is 1. The van der Waals surface area contributed by atoms with Crippen molar-refractivity contribution in [2.75, 3.05) is 5.73 Å². The van der Waals surface area contributed by atoms with Crippen molar-refractivity contribution in [3.05, 3.63) is 33.7 Å². The van der Waals surface area contributed by atoms with Crippen LogP contribution in [0, 0.1) is 5.82 Å². The third-order valence-electron chi connectivity index (χ3n) is 2.52. The van der Waals surface area contributed by atoms with Gasteiger partial charge in [-0.05, 0) is 18.6 Å². The molecule has 0 spiro atoms. The number of hydrogen-bond donors (Lipinski definition) is 1. The number of nitrogens with zero attached hydrogens (tertiary/aromatic N) is 1. The van der Waals surface area contributed by atoms with Gasteiger partial charge in [0.2, 0.25) is 0 Å². The van der Waals surface area contributed by atoms with Gasteiger partial charge in [-0.1, -0.05) is 36.5 Å². The van der Waals surface area contributed by atoms with Gasteiger partial charge in [-0.3, -0.25) is 4.98 Å². The highest BCUT2D eigenvalue weighted by Gasteiger charge is 2.14. The van der Waals surface area contributed by atoms with E-state index in [0.717, 1.165) is 18.5 Å². The van der Waals surface area contributed by atoms with Crippen molar-refractivity contribution in [1.82, 2.24) is 4.98 Å². The van der Waals surface area contributed by atoms with Crippen LogP contribution in [0.2, 0.25) is 10.0 Å². The van der Waals surface area contributed by atoms with E-state index in [1.807, 2.05) is 6.92 Å². The molecule has 0 aliphatic carbocycles. The Balaban J connectivity index is 2.77. The predicted molar refractivity (Wildman–Crippen MR) is 70.1 cm³/mol. The fourth-order valence-corrected chi connectivity index (χ4v) is 2.32. The lowest BCUT2D eigenvalue weighted by Gasteiger charge is -2.08. The predicted octanol–water partition coefficient (Wildman–Crippen LogP) is 4.22. The Morgan fingerprint density at radius 3 is 2.71 bits per heavy atom. The molecule has 2 N–H and O–H groups in total. The number of pyridine rings is 1. The fourth-order valence-electron chi connectivity index (χ4n) is 1.77. The van der Waals surface area contributed by atoms with Gasteiger partial charge in [0.25, 0.3) is 0 Å². The first-order valence-electron chi connectivity index (χ1n) is 5.27. The molecule has 1 aromatic carbocycles. The summed E-state index contributed by atoms with van der Waals surface area (Å²) in [4.78, 5) is 4.37. The molecule has 0 atom stereocenters. The number of rotatable bonds is 2. The van der Waals surface area contributed by atoms with E-state index in [1.165, 1.54) is 6.07 Å². The van der Waals surface area contributed by atoms with Crippen LogP contribution in [-0.4, -0.2) is 4.98 Å². The zero-order valence-electron chi connectivity index (χ0n) is 9.23. The van der Waals surface area contributed by atoms with Crippen molar-refractivity contribution in [2.24, 2.45) is 0 Å². The van der Waals surface area contributed by atoms with Crippen LogP contribution in [0.3, 0.4) is 0 Å². The van der Waals surface area contributed by atoms with Crippen molar-refractivity contribution in [1.29, 1.82) is 0 Å². The van der Waals surface area contributed by atoms with Gasteiger partial charge in [0.1, 0.15) is 0 Å². The van der Waals surface area contributed by atoms with E-state index < -0.39 is 5.82 Å². The molecule has 0 unspecified atom stereocenters. The standard InChI is InChI=1S/C12H11Cl2FN2/c1-2-3-6-4-8(16)10-9(17-6)5-7(13)12(15)11(10)14/h4-5H,2-3H2,1H3,(H2,16,17). The maximum Gasteiger partial charge on any atom is 0.161 e. The maximum atomic E-state index is 13.5. The van der Waals surface area contributed by atoms with Gasteiger partial charge in [-0.2, -0.15) is 0 Å². The van der Waals surface area contributed by atoms with Gasteiger partial charge in [0.15, 0.2) is 5.82 Å². The van der Waals surface area contributed by atoms with Crippen LogP contribution in [0.5, 0.6) is 0 Å². The number of nitrogen functional groups attached to an aromatic ring is 1. The Hall–Kier alpha value is -1.06. The highest BCUT2D eigenvalue weighted by molar-refractivity contribution is 6.39. The highest BCUT2D eigenvalue weighted by Crippen LogP contribution is 2.34. The second kappa shape index (κ2) is 4.67. The molecule has 0 aliphatic heterocycles. The van der Waals surface area contributed by atoms with Gasteiger partial charge in [0, 0.05) is 16.8 Å². The highest BCUT2D eigenvalue weighted by atomic mass is 35.5. The molecule has 5 heteroatoms.